The number of carbonyl (C=O) groups excluding carboxylic acids is 4. The van der Waals surface area contributed by atoms with Gasteiger partial charge in [-0.1, -0.05) is 76.2 Å². The molecule has 0 saturated carbocycles. The number of amides is 3. The average Bonchev–Trinajstić information content (AvgIpc) is 3.35. The third-order valence-corrected chi connectivity index (χ3v) is 6.59. The number of nitrogens with one attached hydrogen (secondary N) is 4. The normalized spacial score (nSPS) is 13.4. The molecular weight excluding hydrogens is 512 g/mol. The first-order valence-electron chi connectivity index (χ1n) is 13.3. The summed E-state index contributed by atoms with van der Waals surface area (Å²) >= 11 is 0. The number of carbonyl (C=O) groups is 4. The fraction of sp³-hybridized carbons (Fsp3) is 0.400. The summed E-state index contributed by atoms with van der Waals surface area (Å²) in [6.07, 6.45) is 1.19. The molecule has 0 aliphatic rings. The number of aromatic nitrogens is 1. The maximum atomic E-state index is 13.5. The topological polar surface area (TPSA) is 139 Å². The number of hydrogen-bond donors (Lipinski definition) is 4. The minimum absolute atomic E-state index is 0.0504. The summed E-state index contributed by atoms with van der Waals surface area (Å²) in [7, 11) is 1.25. The van der Waals surface area contributed by atoms with Gasteiger partial charge in [0, 0.05) is 23.5 Å². The molecule has 0 radical (unpaired) electrons. The van der Waals surface area contributed by atoms with Crippen LogP contribution in [0, 0.1) is 11.8 Å². The molecule has 2 aromatic carbocycles. The Morgan fingerprint density at radius 2 is 1.45 bits per heavy atom. The third-order valence-electron chi connectivity index (χ3n) is 6.59. The van der Waals surface area contributed by atoms with E-state index in [-0.39, 0.29) is 24.9 Å². The van der Waals surface area contributed by atoms with Gasteiger partial charge in [-0.15, -0.1) is 0 Å². The number of ether oxygens (including phenoxy) is 2. The molecule has 1 heterocycles. The molecule has 4 N–H and O–H groups in total. The van der Waals surface area contributed by atoms with Gasteiger partial charge in [-0.25, -0.2) is 9.59 Å². The van der Waals surface area contributed by atoms with Gasteiger partial charge in [0.05, 0.1) is 7.11 Å². The fourth-order valence-electron chi connectivity index (χ4n) is 4.30. The predicted molar refractivity (Wildman–Crippen MR) is 151 cm³/mol. The molecule has 0 unspecified atom stereocenters. The smallest absolute Gasteiger partial charge is 0.408 e. The monoisotopic (exact) mass is 550 g/mol. The van der Waals surface area contributed by atoms with Gasteiger partial charge in [0.2, 0.25) is 11.8 Å². The van der Waals surface area contributed by atoms with Crippen LogP contribution in [0.3, 0.4) is 0 Å². The van der Waals surface area contributed by atoms with Crippen LogP contribution in [0.4, 0.5) is 4.79 Å². The number of alkyl carbamates (subject to hydrolysis) is 1. The highest BCUT2D eigenvalue weighted by molar-refractivity contribution is 5.94. The number of rotatable bonds is 12. The van der Waals surface area contributed by atoms with E-state index >= 15 is 0 Å². The van der Waals surface area contributed by atoms with E-state index in [1.165, 1.54) is 7.11 Å². The zero-order valence-electron chi connectivity index (χ0n) is 23.5. The number of para-hydroxylation sites is 1. The SMILES string of the molecule is COC(=O)[C@@H](NC(=O)[C@H](Cc1c[nH]c2ccccc12)NC(=O)[C@@H](NC(=O)OCc1ccccc1)C(C)C)C(C)C. The van der Waals surface area contributed by atoms with Crippen molar-refractivity contribution in [2.24, 2.45) is 11.8 Å². The van der Waals surface area contributed by atoms with E-state index in [1.54, 1.807) is 33.9 Å². The second kappa shape index (κ2) is 14.2. The molecule has 0 saturated heterocycles. The zero-order chi connectivity index (χ0) is 29.2. The van der Waals surface area contributed by atoms with E-state index in [0.717, 1.165) is 22.0 Å². The molecule has 1 aromatic heterocycles. The van der Waals surface area contributed by atoms with E-state index in [1.807, 2.05) is 54.6 Å². The van der Waals surface area contributed by atoms with Crippen LogP contribution in [0.25, 0.3) is 10.9 Å². The highest BCUT2D eigenvalue weighted by Gasteiger charge is 2.33. The second-order valence-electron chi connectivity index (χ2n) is 10.3. The van der Waals surface area contributed by atoms with Crippen LogP contribution in [0.5, 0.6) is 0 Å². The van der Waals surface area contributed by atoms with Gasteiger partial charge in [0.15, 0.2) is 0 Å². The number of H-pyrrole nitrogens is 1. The molecule has 3 rings (SSSR count). The quantitative estimate of drug-likeness (QED) is 0.255. The van der Waals surface area contributed by atoms with Gasteiger partial charge in [-0.2, -0.15) is 0 Å². The summed E-state index contributed by atoms with van der Waals surface area (Å²) < 4.78 is 10.2. The van der Waals surface area contributed by atoms with Crippen molar-refractivity contribution >= 4 is 34.8 Å². The minimum atomic E-state index is -1.04. The molecule has 0 spiro atoms. The molecule has 0 aliphatic carbocycles. The standard InChI is InChI=1S/C30H38N4O6/c1-18(2)25(34-30(38)40-17-20-11-7-6-8-12-20)28(36)32-24(27(35)33-26(19(3)4)29(37)39-5)15-21-16-31-23-14-10-9-13-22(21)23/h6-14,16,18-19,24-26,31H,15,17H2,1-5H3,(H,32,36)(H,33,35)(H,34,38)/t24-,25-,26-/m0/s1. The van der Waals surface area contributed by atoms with E-state index in [4.69, 9.17) is 9.47 Å². The number of aromatic amines is 1. The molecule has 10 nitrogen and oxygen atoms in total. The summed E-state index contributed by atoms with van der Waals surface area (Å²) in [4.78, 5) is 55.0. The van der Waals surface area contributed by atoms with Gasteiger partial charge in [0.25, 0.3) is 0 Å². The molecule has 0 fully saturated rings. The van der Waals surface area contributed by atoms with Crippen LogP contribution in [0.2, 0.25) is 0 Å². The van der Waals surface area contributed by atoms with E-state index in [2.05, 4.69) is 20.9 Å². The Bertz CT molecular complexity index is 1300. The number of fused-ring (bicyclic) bond motifs is 1. The van der Waals surface area contributed by atoms with Crippen LogP contribution in [-0.2, 0) is 36.9 Å². The van der Waals surface area contributed by atoms with Crippen molar-refractivity contribution < 1.29 is 28.7 Å². The molecule has 214 valence electrons. The number of hydrogen-bond acceptors (Lipinski definition) is 6. The lowest BCUT2D eigenvalue weighted by molar-refractivity contribution is -0.146. The summed E-state index contributed by atoms with van der Waals surface area (Å²) in [6, 6.07) is 13.9. The molecule has 3 atom stereocenters. The number of methoxy groups -OCH3 is 1. The highest BCUT2D eigenvalue weighted by atomic mass is 16.5. The Labute approximate surface area is 234 Å². The van der Waals surface area contributed by atoms with Gasteiger partial charge in [-0.3, -0.25) is 9.59 Å². The largest absolute Gasteiger partial charge is 0.467 e. The molecule has 0 bridgehead atoms. The van der Waals surface area contributed by atoms with Crippen molar-refractivity contribution in [2.45, 2.75) is 58.8 Å². The van der Waals surface area contributed by atoms with Crippen molar-refractivity contribution in [2.75, 3.05) is 7.11 Å². The van der Waals surface area contributed by atoms with Crippen LogP contribution in [-0.4, -0.2) is 54.1 Å². The first-order valence-corrected chi connectivity index (χ1v) is 13.3. The average molecular weight is 551 g/mol. The van der Waals surface area contributed by atoms with Crippen LogP contribution in [0.1, 0.15) is 38.8 Å². The van der Waals surface area contributed by atoms with Crippen molar-refractivity contribution in [1.29, 1.82) is 0 Å². The molecule has 10 heteroatoms. The minimum Gasteiger partial charge on any atom is -0.467 e. The zero-order valence-corrected chi connectivity index (χ0v) is 23.5. The Balaban J connectivity index is 1.78. The van der Waals surface area contributed by atoms with Crippen LogP contribution < -0.4 is 16.0 Å². The van der Waals surface area contributed by atoms with Crippen LogP contribution in [0.15, 0.2) is 60.8 Å². The lowest BCUT2D eigenvalue weighted by atomic mass is 9.99. The van der Waals surface area contributed by atoms with E-state index in [9.17, 15) is 19.2 Å². The van der Waals surface area contributed by atoms with Crippen molar-refractivity contribution in [3.05, 3.63) is 71.9 Å². The maximum absolute atomic E-state index is 13.5. The highest BCUT2D eigenvalue weighted by Crippen LogP contribution is 2.20. The second-order valence-corrected chi connectivity index (χ2v) is 10.3. The van der Waals surface area contributed by atoms with E-state index < -0.39 is 42.0 Å². The maximum Gasteiger partial charge on any atom is 0.408 e. The number of benzene rings is 2. The molecule has 0 aliphatic heterocycles. The first kappa shape index (κ1) is 30.2. The molecule has 3 aromatic rings. The van der Waals surface area contributed by atoms with Gasteiger partial charge in [-0.05, 0) is 29.0 Å². The Morgan fingerprint density at radius 3 is 2.10 bits per heavy atom. The molecule has 40 heavy (non-hydrogen) atoms. The lowest BCUT2D eigenvalue weighted by Gasteiger charge is -2.27. The van der Waals surface area contributed by atoms with Crippen LogP contribution >= 0.6 is 0 Å². The number of esters is 1. The van der Waals surface area contributed by atoms with E-state index in [0.29, 0.717) is 0 Å². The summed E-state index contributed by atoms with van der Waals surface area (Å²) in [5.74, 6) is -2.23. The van der Waals surface area contributed by atoms with Crippen molar-refractivity contribution in [1.82, 2.24) is 20.9 Å². The first-order chi connectivity index (χ1) is 19.1. The summed E-state index contributed by atoms with van der Waals surface area (Å²) in [5, 5.41) is 9.05. The summed E-state index contributed by atoms with van der Waals surface area (Å²) in [5.41, 5.74) is 2.51. The van der Waals surface area contributed by atoms with Gasteiger partial charge >= 0.3 is 12.1 Å². The predicted octanol–water partition coefficient (Wildman–Crippen LogP) is 3.46. The summed E-state index contributed by atoms with van der Waals surface area (Å²) in [6.45, 7) is 7.18. The molecular formula is C30H38N4O6. The van der Waals surface area contributed by atoms with Gasteiger partial charge < -0.3 is 30.4 Å². The molecule has 3 amide bonds. The fourth-order valence-corrected chi connectivity index (χ4v) is 4.30. The van der Waals surface area contributed by atoms with Gasteiger partial charge in [0.1, 0.15) is 24.7 Å². The third kappa shape index (κ3) is 8.08. The Morgan fingerprint density at radius 1 is 0.800 bits per heavy atom. The van der Waals surface area contributed by atoms with Crippen molar-refractivity contribution in [3.8, 4) is 0 Å². The Hall–Kier alpha value is -4.34. The van der Waals surface area contributed by atoms with Crippen molar-refractivity contribution in [3.63, 3.8) is 0 Å². The lowest BCUT2D eigenvalue weighted by Crippen LogP contribution is -2.58. The Kier molecular flexibility index (Phi) is 10.7.